The van der Waals surface area contributed by atoms with E-state index in [2.05, 4.69) is 19.2 Å². The van der Waals surface area contributed by atoms with Crippen molar-refractivity contribution in [1.29, 1.82) is 0 Å². The second-order valence-electron chi connectivity index (χ2n) is 7.08. The van der Waals surface area contributed by atoms with Gasteiger partial charge >= 0.3 is 6.03 Å². The van der Waals surface area contributed by atoms with Crippen molar-refractivity contribution >= 4 is 17.6 Å². The summed E-state index contributed by atoms with van der Waals surface area (Å²) in [6.07, 6.45) is 0. The third kappa shape index (κ3) is 4.30. The molecular formula is C21H23F2N3O2. The molecule has 0 atom stereocenters. The van der Waals surface area contributed by atoms with Crippen molar-refractivity contribution in [1.82, 2.24) is 10.2 Å². The average Bonchev–Trinajstić information content (AvgIpc) is 3.02. The number of benzene rings is 2. The van der Waals surface area contributed by atoms with Crippen molar-refractivity contribution in [3.05, 3.63) is 65.2 Å². The zero-order chi connectivity index (χ0) is 20.3. The number of hydrogen-bond acceptors (Lipinski definition) is 2. The fourth-order valence-electron chi connectivity index (χ4n) is 3.13. The maximum absolute atomic E-state index is 13.6. The summed E-state index contributed by atoms with van der Waals surface area (Å²) in [5.74, 6) is -1.49. The molecule has 3 amide bonds. The molecule has 7 heteroatoms. The maximum atomic E-state index is 13.6. The minimum atomic E-state index is -0.714. The lowest BCUT2D eigenvalue weighted by Crippen LogP contribution is -2.40. The topological polar surface area (TPSA) is 52.6 Å². The summed E-state index contributed by atoms with van der Waals surface area (Å²) >= 11 is 0. The van der Waals surface area contributed by atoms with E-state index in [0.717, 1.165) is 17.8 Å². The summed E-state index contributed by atoms with van der Waals surface area (Å²) in [6, 6.07) is 11.1. The van der Waals surface area contributed by atoms with E-state index in [9.17, 15) is 18.4 Å². The van der Waals surface area contributed by atoms with E-state index in [1.807, 2.05) is 24.3 Å². The van der Waals surface area contributed by atoms with Crippen LogP contribution in [0.4, 0.5) is 19.3 Å². The van der Waals surface area contributed by atoms with Gasteiger partial charge < -0.3 is 10.2 Å². The molecule has 1 aliphatic rings. The lowest BCUT2D eigenvalue weighted by atomic mass is 10.0. The molecular weight excluding hydrogens is 364 g/mol. The molecule has 5 nitrogen and oxygen atoms in total. The van der Waals surface area contributed by atoms with Gasteiger partial charge in [-0.2, -0.15) is 0 Å². The zero-order valence-corrected chi connectivity index (χ0v) is 15.9. The Kier molecular flexibility index (Phi) is 5.92. The van der Waals surface area contributed by atoms with Crippen LogP contribution in [-0.4, -0.2) is 36.5 Å². The van der Waals surface area contributed by atoms with Gasteiger partial charge in [0, 0.05) is 30.9 Å². The van der Waals surface area contributed by atoms with Gasteiger partial charge in [-0.25, -0.2) is 13.6 Å². The monoisotopic (exact) mass is 387 g/mol. The quantitative estimate of drug-likeness (QED) is 0.823. The second kappa shape index (κ2) is 8.37. The van der Waals surface area contributed by atoms with Gasteiger partial charge in [-0.15, -0.1) is 0 Å². The number of carbonyl (C=O) groups is 2. The van der Waals surface area contributed by atoms with Crippen LogP contribution in [0.3, 0.4) is 0 Å². The number of carbonyl (C=O) groups excluding carboxylic acids is 2. The van der Waals surface area contributed by atoms with Crippen LogP contribution in [0.2, 0.25) is 0 Å². The average molecular weight is 387 g/mol. The van der Waals surface area contributed by atoms with E-state index in [0.29, 0.717) is 19.0 Å². The number of amides is 3. The largest absolute Gasteiger partial charge is 0.350 e. The Morgan fingerprint density at radius 3 is 2.32 bits per heavy atom. The highest BCUT2D eigenvalue weighted by Crippen LogP contribution is 2.23. The summed E-state index contributed by atoms with van der Waals surface area (Å²) < 4.78 is 27.2. The van der Waals surface area contributed by atoms with Crippen molar-refractivity contribution < 1.29 is 18.4 Å². The van der Waals surface area contributed by atoms with Gasteiger partial charge in [-0.05, 0) is 35.7 Å². The zero-order valence-electron chi connectivity index (χ0n) is 15.9. The lowest BCUT2D eigenvalue weighted by molar-refractivity contribution is -0.121. The van der Waals surface area contributed by atoms with Crippen molar-refractivity contribution in [3.8, 4) is 0 Å². The SMILES string of the molecule is CC(C)c1ccc(N2CCN(CC(=O)NCc3c(F)cccc3F)C2=O)cc1. The second-order valence-corrected chi connectivity index (χ2v) is 7.08. The van der Waals surface area contributed by atoms with Gasteiger partial charge in [-0.1, -0.05) is 32.0 Å². The molecule has 1 saturated heterocycles. The Morgan fingerprint density at radius 1 is 1.07 bits per heavy atom. The minimum Gasteiger partial charge on any atom is -0.350 e. The van der Waals surface area contributed by atoms with Crippen LogP contribution in [0.1, 0.15) is 30.9 Å². The smallest absolute Gasteiger partial charge is 0.325 e. The third-order valence-electron chi connectivity index (χ3n) is 4.82. The van der Waals surface area contributed by atoms with Crippen LogP contribution in [-0.2, 0) is 11.3 Å². The van der Waals surface area contributed by atoms with Crippen LogP contribution in [0.25, 0.3) is 0 Å². The van der Waals surface area contributed by atoms with Gasteiger partial charge in [0.25, 0.3) is 0 Å². The number of halogens is 2. The Morgan fingerprint density at radius 2 is 1.71 bits per heavy atom. The molecule has 0 radical (unpaired) electrons. The Bertz CT molecular complexity index is 848. The molecule has 0 aliphatic carbocycles. The van der Waals surface area contributed by atoms with E-state index in [-0.39, 0.29) is 24.7 Å². The highest BCUT2D eigenvalue weighted by atomic mass is 19.1. The van der Waals surface area contributed by atoms with Crippen molar-refractivity contribution in [3.63, 3.8) is 0 Å². The molecule has 1 fully saturated rings. The first-order valence-electron chi connectivity index (χ1n) is 9.23. The van der Waals surface area contributed by atoms with Crippen LogP contribution in [0.5, 0.6) is 0 Å². The highest BCUT2D eigenvalue weighted by Gasteiger charge is 2.30. The van der Waals surface area contributed by atoms with Gasteiger partial charge in [0.05, 0.1) is 0 Å². The Hall–Kier alpha value is -2.96. The highest BCUT2D eigenvalue weighted by molar-refractivity contribution is 5.96. The van der Waals surface area contributed by atoms with E-state index in [4.69, 9.17) is 0 Å². The number of nitrogens with one attached hydrogen (secondary N) is 1. The van der Waals surface area contributed by atoms with Crippen LogP contribution in [0, 0.1) is 11.6 Å². The molecule has 148 valence electrons. The molecule has 0 unspecified atom stereocenters. The summed E-state index contributed by atoms with van der Waals surface area (Å²) in [7, 11) is 0. The lowest BCUT2D eigenvalue weighted by Gasteiger charge is -2.19. The first-order valence-corrected chi connectivity index (χ1v) is 9.23. The first kappa shape index (κ1) is 19.8. The number of urea groups is 1. The van der Waals surface area contributed by atoms with Crippen molar-refractivity contribution in [2.45, 2.75) is 26.3 Å². The molecule has 1 aliphatic heterocycles. The van der Waals surface area contributed by atoms with Crippen molar-refractivity contribution in [2.24, 2.45) is 0 Å². The molecule has 28 heavy (non-hydrogen) atoms. The molecule has 0 aromatic heterocycles. The fourth-order valence-corrected chi connectivity index (χ4v) is 3.13. The van der Waals surface area contributed by atoms with Crippen LogP contribution >= 0.6 is 0 Å². The Labute approximate surface area is 162 Å². The number of hydrogen-bond donors (Lipinski definition) is 1. The normalized spacial score (nSPS) is 14.1. The summed E-state index contributed by atoms with van der Waals surface area (Å²) in [5, 5.41) is 2.47. The maximum Gasteiger partial charge on any atom is 0.325 e. The van der Waals surface area contributed by atoms with E-state index < -0.39 is 17.5 Å². The molecule has 0 spiro atoms. The minimum absolute atomic E-state index is 0.157. The molecule has 1 N–H and O–H groups in total. The van der Waals surface area contributed by atoms with Gasteiger partial charge in [0.1, 0.15) is 18.2 Å². The summed E-state index contributed by atoms with van der Waals surface area (Å²) in [5.41, 5.74) is 1.77. The summed E-state index contributed by atoms with van der Waals surface area (Å²) in [6.45, 7) is 4.67. The van der Waals surface area contributed by atoms with Crippen molar-refractivity contribution in [2.75, 3.05) is 24.5 Å². The van der Waals surface area contributed by atoms with E-state index in [1.54, 1.807) is 4.90 Å². The van der Waals surface area contributed by atoms with Gasteiger partial charge in [0.15, 0.2) is 0 Å². The number of anilines is 1. The fraction of sp³-hybridized carbons (Fsp3) is 0.333. The van der Waals surface area contributed by atoms with E-state index >= 15 is 0 Å². The predicted molar refractivity (Wildman–Crippen MR) is 103 cm³/mol. The molecule has 0 saturated carbocycles. The molecule has 0 bridgehead atoms. The van der Waals surface area contributed by atoms with Gasteiger partial charge in [0.2, 0.25) is 5.91 Å². The Balaban J connectivity index is 1.57. The number of rotatable bonds is 6. The summed E-state index contributed by atoms with van der Waals surface area (Å²) in [4.78, 5) is 27.8. The molecule has 1 heterocycles. The standard InChI is InChI=1S/C21H23F2N3O2/c1-14(2)15-6-8-16(9-7-15)26-11-10-25(21(26)28)13-20(27)24-12-17-18(22)4-3-5-19(17)23/h3-9,14H,10-13H2,1-2H3,(H,24,27). The third-order valence-corrected chi connectivity index (χ3v) is 4.82. The molecule has 2 aromatic rings. The van der Waals surface area contributed by atoms with Gasteiger partial charge in [-0.3, -0.25) is 9.69 Å². The first-order chi connectivity index (χ1) is 13.4. The molecule has 2 aromatic carbocycles. The molecule has 3 rings (SSSR count). The van der Waals surface area contributed by atoms with Crippen LogP contribution < -0.4 is 10.2 Å². The van der Waals surface area contributed by atoms with Crippen LogP contribution in [0.15, 0.2) is 42.5 Å². The number of nitrogens with zero attached hydrogens (tertiary/aromatic N) is 2. The predicted octanol–water partition coefficient (Wildman–Crippen LogP) is 3.65. The van der Waals surface area contributed by atoms with E-state index in [1.165, 1.54) is 16.5 Å².